The highest BCUT2D eigenvalue weighted by Crippen LogP contribution is 2.59. The Labute approximate surface area is 310 Å². The molecule has 11 heteroatoms. The zero-order valence-corrected chi connectivity index (χ0v) is 31.0. The van der Waals surface area contributed by atoms with Crippen LogP contribution in [0.15, 0.2) is 78.4 Å². The van der Waals surface area contributed by atoms with Crippen LogP contribution in [-0.4, -0.2) is 72.5 Å². The molecule has 0 unspecified atom stereocenters. The molecule has 3 aliphatic rings. The van der Waals surface area contributed by atoms with Gasteiger partial charge in [-0.2, -0.15) is 13.2 Å². The van der Waals surface area contributed by atoms with Crippen molar-refractivity contribution in [1.29, 1.82) is 0 Å². The molecule has 286 valence electrons. The van der Waals surface area contributed by atoms with Gasteiger partial charge >= 0.3 is 12.2 Å². The number of benzene rings is 3. The Morgan fingerprint density at radius 3 is 2.47 bits per heavy atom. The van der Waals surface area contributed by atoms with Gasteiger partial charge in [-0.1, -0.05) is 42.8 Å². The van der Waals surface area contributed by atoms with E-state index in [9.17, 15) is 33.0 Å². The summed E-state index contributed by atoms with van der Waals surface area (Å²) >= 11 is 0. The molecular weight excluding hydrogens is 685 g/mol. The zero-order valence-electron chi connectivity index (χ0n) is 31.0. The van der Waals surface area contributed by atoms with E-state index in [1.165, 1.54) is 12.1 Å². The number of anilines is 1. The van der Waals surface area contributed by atoms with Gasteiger partial charge in [0.1, 0.15) is 5.75 Å². The molecule has 8 nitrogen and oxygen atoms in total. The molecule has 3 N–H and O–H groups in total. The van der Waals surface area contributed by atoms with Crippen LogP contribution in [0.1, 0.15) is 97.3 Å². The minimum atomic E-state index is -4.63. The van der Waals surface area contributed by atoms with E-state index in [1.807, 2.05) is 26.0 Å². The number of carbonyl (C=O) groups excluding carboxylic acids is 2. The lowest BCUT2D eigenvalue weighted by atomic mass is 9.64. The average Bonchev–Trinajstić information content (AvgIpc) is 3.38. The average molecular weight is 737 g/mol. The maximum absolute atomic E-state index is 14.3. The number of hydrogen-bond donors (Lipinski definition) is 3. The highest BCUT2D eigenvalue weighted by molar-refractivity contribution is 6.10. The van der Waals surface area contributed by atoms with E-state index in [1.54, 1.807) is 49.5 Å². The Balaban J connectivity index is 1.56. The Morgan fingerprint density at radius 1 is 1.02 bits per heavy atom. The van der Waals surface area contributed by atoms with Crippen LogP contribution in [0.5, 0.6) is 5.75 Å². The molecule has 0 spiro atoms. The number of aliphatic hydroxyl groups excluding tert-OH is 1. The lowest BCUT2D eigenvalue weighted by Gasteiger charge is -2.46. The van der Waals surface area contributed by atoms with Gasteiger partial charge in [0.2, 0.25) is 0 Å². The Kier molecular flexibility index (Phi) is 12.7. The molecule has 3 aliphatic carbocycles. The predicted molar refractivity (Wildman–Crippen MR) is 198 cm³/mol. The van der Waals surface area contributed by atoms with Crippen molar-refractivity contribution in [1.82, 2.24) is 4.90 Å². The molecule has 3 aromatic carbocycles. The molecular formula is C42H51F3N2O6. The summed E-state index contributed by atoms with van der Waals surface area (Å²) in [4.78, 5) is 29.8. The maximum atomic E-state index is 14.3. The molecule has 3 aromatic rings. The van der Waals surface area contributed by atoms with Gasteiger partial charge < -0.3 is 29.9 Å². The number of nitrogens with zero attached hydrogens (tertiary/aromatic N) is 1. The number of amides is 2. The van der Waals surface area contributed by atoms with Gasteiger partial charge in [0, 0.05) is 42.5 Å². The molecule has 1 saturated carbocycles. The monoisotopic (exact) mass is 736 g/mol. The van der Waals surface area contributed by atoms with E-state index in [0.717, 1.165) is 17.7 Å². The number of nitrogens with one attached hydrogen (secondary N) is 1. The molecule has 4 atom stereocenters. The van der Waals surface area contributed by atoms with Gasteiger partial charge in [0.25, 0.3) is 0 Å². The van der Waals surface area contributed by atoms with Crippen molar-refractivity contribution < 1.29 is 42.4 Å². The molecule has 2 amide bonds. The minimum absolute atomic E-state index is 0.00951. The second kappa shape index (κ2) is 16.9. The first-order valence-corrected chi connectivity index (χ1v) is 18.3. The number of aliphatic hydroxyl groups is 2. The van der Waals surface area contributed by atoms with Gasteiger partial charge in [-0.15, -0.1) is 0 Å². The smallest absolute Gasteiger partial charge is 0.416 e. The van der Waals surface area contributed by atoms with Gasteiger partial charge in [0.15, 0.2) is 5.78 Å². The molecule has 6 rings (SSSR count). The molecule has 2 bridgehead atoms. The predicted octanol–water partition coefficient (Wildman–Crippen LogP) is 8.55. The quantitative estimate of drug-likeness (QED) is 0.109. The normalized spacial score (nSPS) is 23.5. The summed E-state index contributed by atoms with van der Waals surface area (Å²) in [7, 11) is 3.15. The number of ether oxygens (including phenoxy) is 2. The number of allylic oxidation sites excluding steroid dienone is 2. The van der Waals surface area contributed by atoms with E-state index in [2.05, 4.69) is 11.4 Å². The second-order valence-electron chi connectivity index (χ2n) is 14.8. The molecule has 53 heavy (non-hydrogen) atoms. The summed E-state index contributed by atoms with van der Waals surface area (Å²) in [5.41, 5.74) is 0.0147. The summed E-state index contributed by atoms with van der Waals surface area (Å²) in [6.07, 6.45) is 0.741. The summed E-state index contributed by atoms with van der Waals surface area (Å²) in [5.74, 6) is -0.283. The number of ketones is 1. The van der Waals surface area contributed by atoms with Crippen molar-refractivity contribution in [2.75, 3.05) is 39.2 Å². The van der Waals surface area contributed by atoms with Crippen LogP contribution in [0.2, 0.25) is 0 Å². The standard InChI is InChI=1S/C42H51F3N2O6/c1-28-8-6-20-40(2)37(19-21-41(40,51)27-47(22-7-23-52-3)39(50)46-32-13-16-34(53-4)17-14-32)35-18-12-29(24-33(48)15-11-28)25-36(35)38(49)30-9-5-10-31(26-30)42(43,44)45/h5,8-10,12-14,16-18,25-26,33,37,48,51H,6-7,11,15,19-24,27H2,1-4H3,(H,46,50)/t33-,37-,40-,41+/m0/s1. The zero-order chi connectivity index (χ0) is 38.4. The van der Waals surface area contributed by atoms with E-state index >= 15 is 0 Å². The van der Waals surface area contributed by atoms with Gasteiger partial charge in [-0.3, -0.25) is 4.79 Å². The molecule has 0 aromatic heterocycles. The molecule has 0 aliphatic heterocycles. The fourth-order valence-electron chi connectivity index (χ4n) is 8.03. The van der Waals surface area contributed by atoms with Crippen LogP contribution >= 0.6 is 0 Å². The second-order valence-corrected chi connectivity index (χ2v) is 14.8. The Morgan fingerprint density at radius 2 is 1.77 bits per heavy atom. The summed E-state index contributed by atoms with van der Waals surface area (Å²) < 4.78 is 51.8. The highest BCUT2D eigenvalue weighted by atomic mass is 19.4. The van der Waals surface area contributed by atoms with Crippen molar-refractivity contribution in [2.45, 2.75) is 89.0 Å². The lowest BCUT2D eigenvalue weighted by Crippen LogP contribution is -2.54. The molecule has 0 heterocycles. The van der Waals surface area contributed by atoms with E-state index in [0.29, 0.717) is 80.7 Å². The highest BCUT2D eigenvalue weighted by Gasteiger charge is 2.57. The van der Waals surface area contributed by atoms with Crippen molar-refractivity contribution in [2.24, 2.45) is 5.41 Å². The number of fused-ring (bicyclic) bond motifs is 8. The summed E-state index contributed by atoms with van der Waals surface area (Å²) in [5, 5.41) is 26.7. The topological polar surface area (TPSA) is 108 Å². The number of urea groups is 1. The van der Waals surface area contributed by atoms with E-state index in [4.69, 9.17) is 9.47 Å². The first-order chi connectivity index (χ1) is 25.2. The molecule has 0 saturated heterocycles. The minimum Gasteiger partial charge on any atom is -0.497 e. The van der Waals surface area contributed by atoms with Crippen LogP contribution < -0.4 is 10.1 Å². The van der Waals surface area contributed by atoms with Gasteiger partial charge in [-0.05, 0) is 118 Å². The SMILES string of the molecule is COCCCN(C[C@]1(O)CC[C@H]2c3ccc(cc3C(=O)c3cccc(C(F)(F)F)c3)C[C@@H](O)CCC(C)=CCC[C@@]21C)C(=O)Nc1ccc(OC)cc1. The van der Waals surface area contributed by atoms with Crippen LogP contribution in [0.25, 0.3) is 0 Å². The van der Waals surface area contributed by atoms with Gasteiger partial charge in [-0.25, -0.2) is 4.79 Å². The number of rotatable bonds is 10. The summed E-state index contributed by atoms with van der Waals surface area (Å²) in [6, 6.07) is 16.4. The molecule has 0 radical (unpaired) electrons. The first kappa shape index (κ1) is 40.0. The van der Waals surface area contributed by atoms with Gasteiger partial charge in [0.05, 0.1) is 30.9 Å². The van der Waals surface area contributed by atoms with Crippen LogP contribution in [0, 0.1) is 5.41 Å². The van der Waals surface area contributed by atoms with Crippen molar-refractivity contribution in [3.63, 3.8) is 0 Å². The fourth-order valence-corrected chi connectivity index (χ4v) is 8.03. The third-order valence-corrected chi connectivity index (χ3v) is 11.2. The van der Waals surface area contributed by atoms with Crippen LogP contribution in [0.4, 0.5) is 23.7 Å². The lowest BCUT2D eigenvalue weighted by molar-refractivity contribution is -0.137. The van der Waals surface area contributed by atoms with Crippen molar-refractivity contribution in [3.8, 4) is 5.75 Å². The fraction of sp³-hybridized carbons (Fsp3) is 0.476. The number of carbonyl (C=O) groups is 2. The third-order valence-electron chi connectivity index (χ3n) is 11.2. The number of halogens is 3. The first-order valence-electron chi connectivity index (χ1n) is 18.3. The number of alkyl halides is 3. The summed E-state index contributed by atoms with van der Waals surface area (Å²) in [6.45, 7) is 4.77. The maximum Gasteiger partial charge on any atom is 0.416 e. The largest absolute Gasteiger partial charge is 0.497 e. The molecule has 1 fully saturated rings. The van der Waals surface area contributed by atoms with Crippen molar-refractivity contribution in [3.05, 3.63) is 106 Å². The number of methoxy groups -OCH3 is 2. The van der Waals surface area contributed by atoms with Crippen LogP contribution in [0.3, 0.4) is 0 Å². The van der Waals surface area contributed by atoms with Crippen molar-refractivity contribution >= 4 is 17.5 Å². The van der Waals surface area contributed by atoms with E-state index in [-0.39, 0.29) is 36.0 Å². The Bertz CT molecular complexity index is 1780. The third kappa shape index (κ3) is 9.31. The van der Waals surface area contributed by atoms with Crippen LogP contribution in [-0.2, 0) is 17.3 Å². The number of hydrogen-bond acceptors (Lipinski definition) is 6. The van der Waals surface area contributed by atoms with E-state index < -0.39 is 34.6 Å². The Hall–Kier alpha value is -4.19.